The van der Waals surface area contributed by atoms with Crippen LogP contribution in [0.4, 0.5) is 0 Å². The molecule has 1 fully saturated rings. The summed E-state index contributed by atoms with van der Waals surface area (Å²) in [5.74, 6) is 0.339. The summed E-state index contributed by atoms with van der Waals surface area (Å²) in [6.45, 7) is 3.79. The van der Waals surface area contributed by atoms with Crippen LogP contribution in [0.3, 0.4) is 0 Å². The van der Waals surface area contributed by atoms with E-state index in [1.165, 1.54) is 0 Å². The highest BCUT2D eigenvalue weighted by atomic mass is 16.2. The number of amides is 1. The Hall–Kier alpha value is -2.96. The van der Waals surface area contributed by atoms with Gasteiger partial charge in [-0.15, -0.1) is 0 Å². The molecule has 0 atom stereocenters. The fraction of sp³-hybridized carbons (Fsp3) is 0.368. The number of piperidine rings is 1. The number of aromatic amines is 1. The van der Waals surface area contributed by atoms with Crippen LogP contribution in [0.1, 0.15) is 28.9 Å². The van der Waals surface area contributed by atoms with Crippen LogP contribution in [-0.4, -0.2) is 43.6 Å². The van der Waals surface area contributed by atoms with Crippen molar-refractivity contribution in [1.82, 2.24) is 24.6 Å². The summed E-state index contributed by atoms with van der Waals surface area (Å²) in [6, 6.07) is 7.66. The molecule has 0 aliphatic carbocycles. The minimum Gasteiger partial charge on any atom is -0.337 e. The fourth-order valence-electron chi connectivity index (χ4n) is 3.56. The standard InChI is InChI=1S/C19H21N5O2/c1-13-10-20-12-24(18(13)25)11-14-6-8-23(9-7-14)19(26)17-15-4-2-3-5-16(15)21-22-17/h2-5,10,12,14H,6-9,11H2,1H3,(H,21,22). The van der Waals surface area contributed by atoms with E-state index >= 15 is 0 Å². The fourth-order valence-corrected chi connectivity index (χ4v) is 3.56. The van der Waals surface area contributed by atoms with Crippen LogP contribution >= 0.6 is 0 Å². The van der Waals surface area contributed by atoms with Gasteiger partial charge >= 0.3 is 0 Å². The highest BCUT2D eigenvalue weighted by Crippen LogP contribution is 2.22. The second kappa shape index (κ2) is 6.74. The second-order valence-electron chi connectivity index (χ2n) is 6.89. The van der Waals surface area contributed by atoms with Crippen LogP contribution in [0, 0.1) is 12.8 Å². The number of rotatable bonds is 3. The third-order valence-electron chi connectivity index (χ3n) is 5.10. The monoisotopic (exact) mass is 351 g/mol. The number of nitrogens with zero attached hydrogens (tertiary/aromatic N) is 4. The highest BCUT2D eigenvalue weighted by molar-refractivity contribution is 6.04. The molecule has 7 nitrogen and oxygen atoms in total. The molecule has 0 radical (unpaired) electrons. The van der Waals surface area contributed by atoms with E-state index in [-0.39, 0.29) is 11.5 Å². The van der Waals surface area contributed by atoms with Gasteiger partial charge in [-0.1, -0.05) is 18.2 Å². The zero-order chi connectivity index (χ0) is 18.1. The van der Waals surface area contributed by atoms with E-state index in [9.17, 15) is 9.59 Å². The first kappa shape index (κ1) is 16.5. The Morgan fingerprint density at radius 1 is 1.27 bits per heavy atom. The molecule has 0 spiro atoms. The zero-order valence-corrected chi connectivity index (χ0v) is 14.7. The molecule has 1 amide bonds. The van der Waals surface area contributed by atoms with Crippen LogP contribution in [0.25, 0.3) is 10.9 Å². The maximum absolute atomic E-state index is 12.8. The summed E-state index contributed by atoms with van der Waals surface area (Å²) in [4.78, 5) is 30.9. The van der Waals surface area contributed by atoms with Gasteiger partial charge in [-0.05, 0) is 31.7 Å². The molecule has 1 saturated heterocycles. The quantitative estimate of drug-likeness (QED) is 0.782. The summed E-state index contributed by atoms with van der Waals surface area (Å²) >= 11 is 0. The van der Waals surface area contributed by atoms with Crippen molar-refractivity contribution in [3.63, 3.8) is 0 Å². The number of carbonyl (C=O) groups is 1. The number of benzene rings is 1. The Morgan fingerprint density at radius 3 is 2.85 bits per heavy atom. The highest BCUT2D eigenvalue weighted by Gasteiger charge is 2.26. The third-order valence-corrected chi connectivity index (χ3v) is 5.10. The lowest BCUT2D eigenvalue weighted by atomic mass is 9.96. The maximum atomic E-state index is 12.8. The van der Waals surface area contributed by atoms with Gasteiger partial charge in [-0.3, -0.25) is 19.3 Å². The number of fused-ring (bicyclic) bond motifs is 1. The van der Waals surface area contributed by atoms with Crippen molar-refractivity contribution >= 4 is 16.8 Å². The first-order chi connectivity index (χ1) is 12.6. The number of hydrogen-bond donors (Lipinski definition) is 1. The van der Waals surface area contributed by atoms with Crippen molar-refractivity contribution in [1.29, 1.82) is 0 Å². The first-order valence-corrected chi connectivity index (χ1v) is 8.87. The Labute approximate surface area is 150 Å². The van der Waals surface area contributed by atoms with Crippen molar-refractivity contribution in [2.24, 2.45) is 5.92 Å². The average molecular weight is 351 g/mol. The summed E-state index contributed by atoms with van der Waals surface area (Å²) in [7, 11) is 0. The number of H-pyrrole nitrogens is 1. The van der Waals surface area contributed by atoms with Crippen molar-refractivity contribution in [3.05, 3.63) is 58.4 Å². The Bertz CT molecular complexity index is 998. The molecule has 4 rings (SSSR count). The van der Waals surface area contributed by atoms with E-state index in [2.05, 4.69) is 15.2 Å². The number of likely N-dealkylation sites (tertiary alicyclic amines) is 1. The molecule has 2 aromatic heterocycles. The van der Waals surface area contributed by atoms with Crippen molar-refractivity contribution in [2.45, 2.75) is 26.3 Å². The van der Waals surface area contributed by atoms with Gasteiger partial charge in [0.2, 0.25) is 0 Å². The minimum atomic E-state index is -0.0321. The molecule has 1 aromatic carbocycles. The van der Waals surface area contributed by atoms with Crippen LogP contribution in [0.2, 0.25) is 0 Å². The van der Waals surface area contributed by atoms with E-state index in [4.69, 9.17) is 0 Å². The normalized spacial score (nSPS) is 15.5. The smallest absolute Gasteiger partial charge is 0.274 e. The van der Waals surface area contributed by atoms with Crippen molar-refractivity contribution < 1.29 is 4.79 Å². The molecule has 7 heteroatoms. The Morgan fingerprint density at radius 2 is 2.04 bits per heavy atom. The number of aryl methyl sites for hydroxylation is 1. The van der Waals surface area contributed by atoms with E-state index < -0.39 is 0 Å². The number of para-hydroxylation sites is 1. The van der Waals surface area contributed by atoms with Crippen LogP contribution in [0.5, 0.6) is 0 Å². The predicted molar refractivity (Wildman–Crippen MR) is 98.0 cm³/mol. The molecule has 134 valence electrons. The molecule has 0 saturated carbocycles. The zero-order valence-electron chi connectivity index (χ0n) is 14.7. The molecule has 1 aliphatic rings. The summed E-state index contributed by atoms with van der Waals surface area (Å²) in [5, 5.41) is 7.99. The van der Waals surface area contributed by atoms with Crippen LogP contribution < -0.4 is 5.56 Å². The third kappa shape index (κ3) is 3.00. The van der Waals surface area contributed by atoms with E-state index in [0.717, 1.165) is 23.7 Å². The van der Waals surface area contributed by atoms with Gasteiger partial charge < -0.3 is 4.90 Å². The van der Waals surface area contributed by atoms with Crippen molar-refractivity contribution in [3.8, 4) is 0 Å². The molecule has 1 aliphatic heterocycles. The van der Waals surface area contributed by atoms with Crippen LogP contribution in [-0.2, 0) is 6.54 Å². The summed E-state index contributed by atoms with van der Waals surface area (Å²) < 4.78 is 1.68. The Kier molecular flexibility index (Phi) is 4.28. The van der Waals surface area contributed by atoms with Gasteiger partial charge in [0.25, 0.3) is 11.5 Å². The van der Waals surface area contributed by atoms with Gasteiger partial charge in [0.05, 0.1) is 11.8 Å². The SMILES string of the molecule is Cc1cncn(CC2CCN(C(=O)c3n[nH]c4ccccc34)CC2)c1=O. The predicted octanol–water partition coefficient (Wildman–Crippen LogP) is 1.98. The van der Waals surface area contributed by atoms with Gasteiger partial charge in [-0.2, -0.15) is 5.10 Å². The largest absolute Gasteiger partial charge is 0.337 e. The molecule has 3 heterocycles. The van der Waals surface area contributed by atoms with E-state index in [1.807, 2.05) is 29.2 Å². The number of aromatic nitrogens is 4. The first-order valence-electron chi connectivity index (χ1n) is 8.87. The molecule has 1 N–H and O–H groups in total. The second-order valence-corrected chi connectivity index (χ2v) is 6.89. The molecule has 3 aromatic rings. The lowest BCUT2D eigenvalue weighted by molar-refractivity contribution is 0.0678. The van der Waals surface area contributed by atoms with Gasteiger partial charge in [-0.25, -0.2) is 4.98 Å². The molecule has 26 heavy (non-hydrogen) atoms. The topological polar surface area (TPSA) is 83.9 Å². The average Bonchev–Trinajstić information content (AvgIpc) is 3.10. The summed E-state index contributed by atoms with van der Waals surface area (Å²) in [5.41, 5.74) is 2.03. The summed E-state index contributed by atoms with van der Waals surface area (Å²) in [6.07, 6.45) is 4.93. The maximum Gasteiger partial charge on any atom is 0.274 e. The molecular weight excluding hydrogens is 330 g/mol. The molecule has 0 unspecified atom stereocenters. The van der Waals surface area contributed by atoms with Crippen molar-refractivity contribution in [2.75, 3.05) is 13.1 Å². The van der Waals surface area contributed by atoms with Crippen LogP contribution in [0.15, 0.2) is 41.6 Å². The number of hydrogen-bond acceptors (Lipinski definition) is 4. The van der Waals surface area contributed by atoms with E-state index in [0.29, 0.717) is 36.8 Å². The van der Waals surface area contributed by atoms with Gasteiger partial charge in [0, 0.05) is 36.8 Å². The lowest BCUT2D eigenvalue weighted by Gasteiger charge is -2.31. The number of carbonyl (C=O) groups excluding carboxylic acids is 1. The minimum absolute atomic E-state index is 0.0153. The molecular formula is C19H21N5O2. The van der Waals surface area contributed by atoms with Gasteiger partial charge in [0.1, 0.15) is 0 Å². The Balaban J connectivity index is 1.42. The van der Waals surface area contributed by atoms with E-state index in [1.54, 1.807) is 24.0 Å². The lowest BCUT2D eigenvalue weighted by Crippen LogP contribution is -2.40. The van der Waals surface area contributed by atoms with Gasteiger partial charge in [0.15, 0.2) is 5.69 Å². The molecule has 0 bridgehead atoms. The number of nitrogens with one attached hydrogen (secondary N) is 1.